The minimum Gasteiger partial charge on any atom is -0.323 e. The molecular formula is C11H12FN3. The Bertz CT molecular complexity index is 462. The van der Waals surface area contributed by atoms with Crippen molar-refractivity contribution in [2.45, 2.75) is 13.0 Å². The highest BCUT2D eigenvalue weighted by atomic mass is 19.1. The van der Waals surface area contributed by atoms with Crippen molar-refractivity contribution in [1.29, 1.82) is 0 Å². The highest BCUT2D eigenvalue weighted by Gasteiger charge is 2.10. The van der Waals surface area contributed by atoms with Crippen molar-refractivity contribution in [3.63, 3.8) is 0 Å². The average molecular weight is 205 g/mol. The van der Waals surface area contributed by atoms with Crippen molar-refractivity contribution < 1.29 is 4.39 Å². The number of imidazole rings is 1. The van der Waals surface area contributed by atoms with Gasteiger partial charge >= 0.3 is 0 Å². The quantitative estimate of drug-likeness (QED) is 0.815. The number of hydrogen-bond donors (Lipinski definition) is 1. The lowest BCUT2D eigenvalue weighted by Gasteiger charge is -2.11. The Kier molecular flexibility index (Phi) is 2.51. The Morgan fingerprint density at radius 1 is 1.40 bits per heavy atom. The summed E-state index contributed by atoms with van der Waals surface area (Å²) in [4.78, 5) is 3.98. The lowest BCUT2D eigenvalue weighted by molar-refractivity contribution is 0.612. The van der Waals surface area contributed by atoms with Crippen molar-refractivity contribution in [1.82, 2.24) is 9.55 Å². The molecule has 1 atom stereocenters. The maximum Gasteiger partial charge on any atom is 0.147 e. The second kappa shape index (κ2) is 3.82. The van der Waals surface area contributed by atoms with Gasteiger partial charge in [0.25, 0.3) is 0 Å². The van der Waals surface area contributed by atoms with Crippen LogP contribution in [0.25, 0.3) is 5.69 Å². The number of hydrogen-bond acceptors (Lipinski definition) is 2. The maximum atomic E-state index is 13.5. The molecule has 0 aliphatic heterocycles. The van der Waals surface area contributed by atoms with Gasteiger partial charge in [0.05, 0.1) is 23.9 Å². The largest absolute Gasteiger partial charge is 0.323 e. The predicted molar refractivity (Wildman–Crippen MR) is 56.1 cm³/mol. The van der Waals surface area contributed by atoms with Crippen molar-refractivity contribution in [2.24, 2.45) is 5.73 Å². The molecule has 0 aliphatic carbocycles. The molecule has 0 bridgehead atoms. The van der Waals surface area contributed by atoms with Crippen LogP contribution in [0, 0.1) is 5.82 Å². The van der Waals surface area contributed by atoms with E-state index in [0.29, 0.717) is 5.69 Å². The van der Waals surface area contributed by atoms with Crippen LogP contribution in [0.4, 0.5) is 4.39 Å². The zero-order valence-corrected chi connectivity index (χ0v) is 8.39. The number of nitrogens with two attached hydrogens (primary N) is 1. The van der Waals surface area contributed by atoms with Crippen LogP contribution in [-0.2, 0) is 0 Å². The Morgan fingerprint density at radius 3 is 2.80 bits per heavy atom. The second-order valence-electron chi connectivity index (χ2n) is 3.43. The van der Waals surface area contributed by atoms with Gasteiger partial charge in [-0.3, -0.25) is 4.57 Å². The van der Waals surface area contributed by atoms with E-state index in [2.05, 4.69) is 4.98 Å². The maximum absolute atomic E-state index is 13.5. The van der Waals surface area contributed by atoms with Gasteiger partial charge in [-0.05, 0) is 19.1 Å². The summed E-state index contributed by atoms with van der Waals surface area (Å²) in [6, 6.07) is 6.38. The van der Waals surface area contributed by atoms with Gasteiger partial charge in [-0.1, -0.05) is 12.1 Å². The SMILES string of the molecule is C[C@@H](N)c1cncn1-c1ccccc1F. The Labute approximate surface area is 87.4 Å². The molecule has 0 fully saturated rings. The molecule has 3 nitrogen and oxygen atoms in total. The first-order valence-electron chi connectivity index (χ1n) is 4.73. The second-order valence-corrected chi connectivity index (χ2v) is 3.43. The molecule has 0 unspecified atom stereocenters. The van der Waals surface area contributed by atoms with Crippen LogP contribution in [0.15, 0.2) is 36.8 Å². The third-order valence-electron chi connectivity index (χ3n) is 2.25. The molecule has 1 aromatic heterocycles. The van der Waals surface area contributed by atoms with Crippen LogP contribution in [0.2, 0.25) is 0 Å². The first-order valence-corrected chi connectivity index (χ1v) is 4.73. The van der Waals surface area contributed by atoms with Gasteiger partial charge in [-0.2, -0.15) is 0 Å². The van der Waals surface area contributed by atoms with Gasteiger partial charge in [0, 0.05) is 6.04 Å². The summed E-state index contributed by atoms with van der Waals surface area (Å²) in [5, 5.41) is 0. The number of aromatic nitrogens is 2. The summed E-state index contributed by atoms with van der Waals surface area (Å²) in [6.07, 6.45) is 3.22. The van der Waals surface area contributed by atoms with Gasteiger partial charge < -0.3 is 5.73 Å². The standard InChI is InChI=1S/C11H12FN3/c1-8(13)11-6-14-7-15(11)10-5-3-2-4-9(10)12/h2-8H,13H2,1H3/t8-/m1/s1. The molecule has 1 heterocycles. The fourth-order valence-electron chi connectivity index (χ4n) is 1.49. The van der Waals surface area contributed by atoms with E-state index in [1.54, 1.807) is 35.3 Å². The Balaban J connectivity index is 2.55. The molecule has 4 heteroatoms. The monoisotopic (exact) mass is 205 g/mol. The van der Waals surface area contributed by atoms with E-state index in [1.165, 1.54) is 6.07 Å². The molecule has 2 rings (SSSR count). The van der Waals surface area contributed by atoms with Gasteiger partial charge in [0.15, 0.2) is 0 Å². The minimum atomic E-state index is -0.280. The van der Waals surface area contributed by atoms with Gasteiger partial charge in [0.2, 0.25) is 0 Å². The first kappa shape index (κ1) is 9.86. The van der Waals surface area contributed by atoms with Crippen molar-refractivity contribution in [2.75, 3.05) is 0 Å². The summed E-state index contributed by atoms with van der Waals surface area (Å²) in [7, 11) is 0. The molecule has 0 amide bonds. The van der Waals surface area contributed by atoms with E-state index >= 15 is 0 Å². The van der Waals surface area contributed by atoms with Gasteiger partial charge in [0.1, 0.15) is 5.82 Å². The molecule has 78 valence electrons. The predicted octanol–water partition coefficient (Wildman–Crippen LogP) is 2.03. The third-order valence-corrected chi connectivity index (χ3v) is 2.25. The molecule has 15 heavy (non-hydrogen) atoms. The van der Waals surface area contributed by atoms with Crippen LogP contribution >= 0.6 is 0 Å². The van der Waals surface area contributed by atoms with Crippen molar-refractivity contribution in [3.8, 4) is 5.69 Å². The molecule has 0 saturated heterocycles. The van der Waals surface area contributed by atoms with Gasteiger partial charge in [-0.15, -0.1) is 0 Å². The summed E-state index contributed by atoms with van der Waals surface area (Å²) in [5.41, 5.74) is 7.03. The van der Waals surface area contributed by atoms with E-state index < -0.39 is 0 Å². The normalized spacial score (nSPS) is 12.7. The first-order chi connectivity index (χ1) is 7.20. The summed E-state index contributed by atoms with van der Waals surface area (Å²) < 4.78 is 15.2. The Morgan fingerprint density at radius 2 is 2.13 bits per heavy atom. The third kappa shape index (κ3) is 1.76. The van der Waals surface area contributed by atoms with Crippen molar-refractivity contribution in [3.05, 3.63) is 48.3 Å². The number of benzene rings is 1. The zero-order valence-electron chi connectivity index (χ0n) is 8.39. The van der Waals surface area contributed by atoms with E-state index in [9.17, 15) is 4.39 Å². The van der Waals surface area contributed by atoms with Crippen LogP contribution in [-0.4, -0.2) is 9.55 Å². The molecule has 2 aromatic rings. The molecular weight excluding hydrogens is 193 g/mol. The van der Waals surface area contributed by atoms with Crippen LogP contribution in [0.5, 0.6) is 0 Å². The highest BCUT2D eigenvalue weighted by Crippen LogP contribution is 2.18. The number of halogens is 1. The summed E-state index contributed by atoms with van der Waals surface area (Å²) in [6.45, 7) is 1.84. The minimum absolute atomic E-state index is 0.174. The van der Waals surface area contributed by atoms with E-state index in [4.69, 9.17) is 5.73 Å². The molecule has 2 N–H and O–H groups in total. The fraction of sp³-hybridized carbons (Fsp3) is 0.182. The van der Waals surface area contributed by atoms with Crippen LogP contribution in [0.3, 0.4) is 0 Å². The number of para-hydroxylation sites is 1. The molecule has 0 radical (unpaired) electrons. The highest BCUT2D eigenvalue weighted by molar-refractivity contribution is 5.35. The van der Waals surface area contributed by atoms with Crippen molar-refractivity contribution >= 4 is 0 Å². The number of nitrogens with zero attached hydrogens (tertiary/aromatic N) is 2. The number of rotatable bonds is 2. The smallest absolute Gasteiger partial charge is 0.147 e. The summed E-state index contributed by atoms with van der Waals surface area (Å²) in [5.74, 6) is -0.280. The van der Waals surface area contributed by atoms with Crippen LogP contribution in [0.1, 0.15) is 18.7 Å². The van der Waals surface area contributed by atoms with Gasteiger partial charge in [-0.25, -0.2) is 9.37 Å². The lowest BCUT2D eigenvalue weighted by Crippen LogP contribution is -2.11. The van der Waals surface area contributed by atoms with E-state index in [1.807, 2.05) is 6.92 Å². The van der Waals surface area contributed by atoms with E-state index in [0.717, 1.165) is 5.69 Å². The summed E-state index contributed by atoms with van der Waals surface area (Å²) >= 11 is 0. The van der Waals surface area contributed by atoms with Crippen LogP contribution < -0.4 is 5.73 Å². The van der Waals surface area contributed by atoms with E-state index in [-0.39, 0.29) is 11.9 Å². The topological polar surface area (TPSA) is 43.8 Å². The molecule has 0 aliphatic rings. The molecule has 0 spiro atoms. The zero-order chi connectivity index (χ0) is 10.8. The average Bonchev–Trinajstić information content (AvgIpc) is 2.67. The fourth-order valence-corrected chi connectivity index (χ4v) is 1.49. The molecule has 0 saturated carbocycles. The lowest BCUT2D eigenvalue weighted by atomic mass is 10.2. The molecule has 1 aromatic carbocycles. The Hall–Kier alpha value is -1.68.